The van der Waals surface area contributed by atoms with Gasteiger partial charge >= 0.3 is 0 Å². The van der Waals surface area contributed by atoms with Crippen molar-refractivity contribution in [2.75, 3.05) is 20.3 Å². The molecule has 16 nitrogen and oxygen atoms in total. The quantitative estimate of drug-likeness (QED) is 0.138. The normalized spacial score (nSPS) is 49.0. The van der Waals surface area contributed by atoms with Gasteiger partial charge in [0.25, 0.3) is 0 Å². The molecule has 0 saturated carbocycles. The minimum absolute atomic E-state index is 0.611. The van der Waals surface area contributed by atoms with E-state index in [0.717, 1.165) is 6.92 Å². The molecule has 0 unspecified atom stereocenters. The highest BCUT2D eigenvalue weighted by Gasteiger charge is 2.54. The van der Waals surface area contributed by atoms with Crippen molar-refractivity contribution in [1.29, 1.82) is 0 Å². The maximum Gasteiger partial charge on any atom is 0.217 e. The van der Waals surface area contributed by atoms with Gasteiger partial charge in [-0.05, 0) is 6.92 Å². The molecule has 15 atom stereocenters. The largest absolute Gasteiger partial charge is 0.394 e. The Morgan fingerprint density at radius 3 is 1.86 bits per heavy atom. The number of nitrogens with one attached hydrogen (secondary N) is 1. The average molecular weight is 544 g/mol. The molecule has 0 aromatic heterocycles. The minimum atomic E-state index is -1.77. The molecule has 0 aromatic rings. The standard InChI is InChI=1S/C21H37NO15/c1-6-11(26)12(27)14(29)20(33-6)37-18-10(22-7(2)25)19(31)34-9(5-24)17(18)36-21-15(30)13(28)16(32-3)8(4-23)35-21/h6,8-21,23-24,26-31H,4-5H2,1-3H3,(H,22,25)/t6-,8+,9+,10+,11+,12+,13+,14-,15+,16-,17+,18+,19+,20-,21-/m0/s1. The molecule has 3 aliphatic heterocycles. The van der Waals surface area contributed by atoms with Crippen LogP contribution in [0.5, 0.6) is 0 Å². The van der Waals surface area contributed by atoms with E-state index in [0.29, 0.717) is 0 Å². The van der Waals surface area contributed by atoms with E-state index in [9.17, 15) is 45.6 Å². The molecule has 0 radical (unpaired) electrons. The van der Waals surface area contributed by atoms with Gasteiger partial charge in [0.2, 0.25) is 5.91 Å². The zero-order valence-electron chi connectivity index (χ0n) is 20.5. The average Bonchev–Trinajstić information content (AvgIpc) is 2.86. The van der Waals surface area contributed by atoms with Gasteiger partial charge in [-0.15, -0.1) is 0 Å². The fraction of sp³-hybridized carbons (Fsp3) is 0.952. The van der Waals surface area contributed by atoms with Crippen LogP contribution in [0.25, 0.3) is 0 Å². The fourth-order valence-electron chi connectivity index (χ4n) is 4.67. The highest BCUT2D eigenvalue weighted by atomic mass is 16.8. The first-order chi connectivity index (χ1) is 17.4. The van der Waals surface area contributed by atoms with E-state index in [4.69, 9.17) is 28.4 Å². The van der Waals surface area contributed by atoms with Crippen LogP contribution in [-0.2, 0) is 33.2 Å². The third-order valence-electron chi connectivity index (χ3n) is 6.70. The molecule has 9 N–H and O–H groups in total. The number of aliphatic hydroxyl groups excluding tert-OH is 8. The monoisotopic (exact) mass is 543 g/mol. The molecule has 0 bridgehead atoms. The van der Waals surface area contributed by atoms with E-state index < -0.39 is 111 Å². The van der Waals surface area contributed by atoms with Crippen molar-refractivity contribution in [3.63, 3.8) is 0 Å². The second kappa shape index (κ2) is 12.8. The van der Waals surface area contributed by atoms with Crippen LogP contribution in [0.4, 0.5) is 0 Å². The van der Waals surface area contributed by atoms with Crippen LogP contribution in [-0.4, -0.2) is 159 Å². The number of methoxy groups -OCH3 is 1. The summed E-state index contributed by atoms with van der Waals surface area (Å²) >= 11 is 0. The Kier molecular flexibility index (Phi) is 10.6. The number of ether oxygens (including phenoxy) is 6. The van der Waals surface area contributed by atoms with E-state index in [1.807, 2.05) is 0 Å². The summed E-state index contributed by atoms with van der Waals surface area (Å²) in [6.45, 7) is 1.20. The van der Waals surface area contributed by atoms with Gasteiger partial charge in [0, 0.05) is 14.0 Å². The summed E-state index contributed by atoms with van der Waals surface area (Å²) in [7, 11) is 1.25. The summed E-state index contributed by atoms with van der Waals surface area (Å²) in [5.74, 6) is -0.621. The van der Waals surface area contributed by atoms with Crippen molar-refractivity contribution >= 4 is 5.91 Å². The number of carbonyl (C=O) groups is 1. The molecule has 216 valence electrons. The first-order valence-corrected chi connectivity index (χ1v) is 11.8. The highest BCUT2D eigenvalue weighted by molar-refractivity contribution is 5.73. The number of aliphatic hydroxyl groups is 8. The Balaban J connectivity index is 1.92. The molecule has 3 saturated heterocycles. The first-order valence-electron chi connectivity index (χ1n) is 11.8. The Bertz CT molecular complexity index is 745. The van der Waals surface area contributed by atoms with Crippen molar-refractivity contribution in [2.45, 2.75) is 106 Å². The molecule has 3 rings (SSSR count). The lowest BCUT2D eigenvalue weighted by Crippen LogP contribution is -2.69. The fourth-order valence-corrected chi connectivity index (χ4v) is 4.67. The Morgan fingerprint density at radius 2 is 1.30 bits per heavy atom. The topological polar surface area (TPSA) is 246 Å². The molecule has 1 amide bonds. The van der Waals surface area contributed by atoms with Crippen LogP contribution in [0, 0.1) is 0 Å². The molecular weight excluding hydrogens is 506 g/mol. The molecule has 0 spiro atoms. The number of hydrogen-bond donors (Lipinski definition) is 9. The summed E-state index contributed by atoms with van der Waals surface area (Å²) in [4.78, 5) is 11.9. The van der Waals surface area contributed by atoms with Crippen LogP contribution < -0.4 is 5.32 Å². The van der Waals surface area contributed by atoms with Crippen LogP contribution in [0.2, 0.25) is 0 Å². The lowest BCUT2D eigenvalue weighted by atomic mass is 9.94. The van der Waals surface area contributed by atoms with Gasteiger partial charge in [0.05, 0.1) is 19.3 Å². The molecule has 37 heavy (non-hydrogen) atoms. The molecular formula is C21H37NO15. The van der Waals surface area contributed by atoms with Gasteiger partial charge in [-0.1, -0.05) is 0 Å². The van der Waals surface area contributed by atoms with E-state index in [1.165, 1.54) is 14.0 Å². The minimum Gasteiger partial charge on any atom is -0.394 e. The van der Waals surface area contributed by atoms with Gasteiger partial charge in [0.1, 0.15) is 67.1 Å². The Morgan fingerprint density at radius 1 is 0.757 bits per heavy atom. The predicted molar refractivity (Wildman–Crippen MR) is 116 cm³/mol. The maximum atomic E-state index is 11.9. The second-order valence-electron chi connectivity index (χ2n) is 9.26. The molecule has 3 aliphatic rings. The molecule has 0 aliphatic carbocycles. The second-order valence-corrected chi connectivity index (χ2v) is 9.26. The summed E-state index contributed by atoms with van der Waals surface area (Å²) in [6.07, 6.45) is -20.6. The van der Waals surface area contributed by atoms with Gasteiger partial charge in [-0.25, -0.2) is 0 Å². The summed E-state index contributed by atoms with van der Waals surface area (Å²) in [6, 6.07) is -1.38. The zero-order chi connectivity index (χ0) is 27.6. The van der Waals surface area contributed by atoms with Crippen LogP contribution >= 0.6 is 0 Å². The van der Waals surface area contributed by atoms with Gasteiger partial charge in [-0.3, -0.25) is 4.79 Å². The highest BCUT2D eigenvalue weighted by Crippen LogP contribution is 2.33. The third kappa shape index (κ3) is 6.39. The number of carbonyl (C=O) groups excluding carboxylic acids is 1. The summed E-state index contributed by atoms with van der Waals surface area (Å²) < 4.78 is 33.2. The van der Waals surface area contributed by atoms with E-state index >= 15 is 0 Å². The summed E-state index contributed by atoms with van der Waals surface area (Å²) in [5, 5.41) is 84.2. The van der Waals surface area contributed by atoms with Gasteiger partial charge in [-0.2, -0.15) is 0 Å². The van der Waals surface area contributed by atoms with Crippen LogP contribution in [0.1, 0.15) is 13.8 Å². The smallest absolute Gasteiger partial charge is 0.217 e. The third-order valence-corrected chi connectivity index (χ3v) is 6.70. The maximum absolute atomic E-state index is 11.9. The van der Waals surface area contributed by atoms with Crippen molar-refractivity contribution in [3.8, 4) is 0 Å². The summed E-state index contributed by atoms with van der Waals surface area (Å²) in [5.41, 5.74) is 0. The number of amides is 1. The molecule has 3 fully saturated rings. The van der Waals surface area contributed by atoms with E-state index in [-0.39, 0.29) is 0 Å². The van der Waals surface area contributed by atoms with Crippen molar-refractivity contribution < 1.29 is 74.1 Å². The molecule has 0 aromatic carbocycles. The van der Waals surface area contributed by atoms with Crippen molar-refractivity contribution in [2.24, 2.45) is 0 Å². The Hall–Kier alpha value is -1.09. The Labute approximate surface area is 212 Å². The van der Waals surface area contributed by atoms with Crippen LogP contribution in [0.15, 0.2) is 0 Å². The lowest BCUT2D eigenvalue weighted by molar-refractivity contribution is -0.371. The van der Waals surface area contributed by atoms with Gasteiger partial charge < -0.3 is 74.6 Å². The van der Waals surface area contributed by atoms with E-state index in [1.54, 1.807) is 0 Å². The lowest BCUT2D eigenvalue weighted by Gasteiger charge is -2.49. The number of rotatable bonds is 8. The van der Waals surface area contributed by atoms with Gasteiger partial charge in [0.15, 0.2) is 18.9 Å². The van der Waals surface area contributed by atoms with Crippen molar-refractivity contribution in [1.82, 2.24) is 5.32 Å². The molecule has 3 heterocycles. The predicted octanol–water partition coefficient (Wildman–Crippen LogP) is -5.75. The van der Waals surface area contributed by atoms with Crippen LogP contribution in [0.3, 0.4) is 0 Å². The SMILES string of the molecule is CO[C@@H]1[C@H](O)[C@@H](O)[C@H](O[C@H]2[C@H](O[C@@H]3O[C@@H](C)[C@@H](O)[C@@H](O)[C@@H]3O)[C@@H](NC(C)=O)[C@H](O)O[C@@H]2CO)O[C@@H]1CO. The zero-order valence-corrected chi connectivity index (χ0v) is 20.5. The number of hydrogen-bond acceptors (Lipinski definition) is 15. The van der Waals surface area contributed by atoms with Crippen molar-refractivity contribution in [3.05, 3.63) is 0 Å². The van der Waals surface area contributed by atoms with E-state index in [2.05, 4.69) is 5.32 Å². The molecule has 16 heteroatoms. The first kappa shape index (κ1) is 30.5.